The number of aromatic nitrogens is 3. The molecule has 200 valence electrons. The van der Waals surface area contributed by atoms with Crippen LogP contribution in [0.1, 0.15) is 42.7 Å². The molecule has 0 bridgehead atoms. The summed E-state index contributed by atoms with van der Waals surface area (Å²) in [5, 5.41) is 2.97. The number of alkyl halides is 3. The predicted octanol–water partition coefficient (Wildman–Crippen LogP) is 4.38. The lowest BCUT2D eigenvalue weighted by atomic mass is 9.95. The molecule has 0 atom stereocenters. The van der Waals surface area contributed by atoms with E-state index in [1.807, 2.05) is 6.92 Å². The van der Waals surface area contributed by atoms with Crippen LogP contribution in [0.25, 0.3) is 5.65 Å². The third-order valence-electron chi connectivity index (χ3n) is 5.98. The van der Waals surface area contributed by atoms with Crippen molar-refractivity contribution in [1.29, 1.82) is 0 Å². The summed E-state index contributed by atoms with van der Waals surface area (Å²) in [6, 6.07) is 2.86. The second kappa shape index (κ2) is 10.0. The van der Waals surface area contributed by atoms with Gasteiger partial charge in [0.05, 0.1) is 22.7 Å². The number of imidazole rings is 1. The Hall–Kier alpha value is -3.06. The van der Waals surface area contributed by atoms with Crippen LogP contribution in [-0.2, 0) is 16.3 Å². The van der Waals surface area contributed by atoms with Crippen molar-refractivity contribution >= 4 is 33.0 Å². The smallest absolute Gasteiger partial charge is 0.422 e. The number of hydrogen-bond acceptors (Lipinski definition) is 7. The zero-order chi connectivity index (χ0) is 27.0. The highest BCUT2D eigenvalue weighted by Crippen LogP contribution is 2.35. The van der Waals surface area contributed by atoms with Gasteiger partial charge in [-0.2, -0.15) is 13.2 Å². The van der Waals surface area contributed by atoms with Crippen LogP contribution in [0.2, 0.25) is 5.02 Å². The number of sulfone groups is 1. The van der Waals surface area contributed by atoms with E-state index in [9.17, 15) is 26.4 Å². The molecule has 9 nitrogen and oxygen atoms in total. The van der Waals surface area contributed by atoms with Crippen molar-refractivity contribution in [1.82, 2.24) is 19.7 Å². The molecule has 4 heterocycles. The maximum absolute atomic E-state index is 12.9. The Morgan fingerprint density at radius 2 is 1.92 bits per heavy atom. The molecule has 1 fully saturated rings. The Morgan fingerprint density at radius 1 is 1.22 bits per heavy atom. The van der Waals surface area contributed by atoms with Gasteiger partial charge in [0.1, 0.15) is 26.9 Å². The number of nitrogens with zero attached hydrogens (tertiary/aromatic N) is 3. The first-order valence-electron chi connectivity index (χ1n) is 11.3. The maximum atomic E-state index is 12.9. The van der Waals surface area contributed by atoms with Gasteiger partial charge in [0.15, 0.2) is 12.4 Å². The number of aryl methyl sites for hydroxylation is 1. The normalized spacial score (nSPS) is 16.9. The molecule has 3 aromatic heterocycles. The second-order valence-corrected chi connectivity index (χ2v) is 11.8. The molecule has 0 spiro atoms. The van der Waals surface area contributed by atoms with Crippen LogP contribution in [0.4, 0.5) is 13.2 Å². The molecule has 1 aliphatic heterocycles. The molecule has 3 aromatic rings. The number of fused-ring (bicyclic) bond motifs is 1. The molecule has 0 unspecified atom stereocenters. The van der Waals surface area contributed by atoms with E-state index in [0.717, 1.165) is 0 Å². The van der Waals surface area contributed by atoms with Crippen molar-refractivity contribution < 1.29 is 35.9 Å². The molecular formula is C23H24ClF3N4O5S. The highest BCUT2D eigenvalue weighted by Gasteiger charge is 2.35. The fraction of sp³-hybridized carbons (Fsp3) is 0.435. The van der Waals surface area contributed by atoms with Crippen LogP contribution in [0.3, 0.4) is 0 Å². The quantitative estimate of drug-likeness (QED) is 0.456. The average Bonchev–Trinajstić information content (AvgIpc) is 3.23. The van der Waals surface area contributed by atoms with E-state index < -0.39 is 34.1 Å². The summed E-state index contributed by atoms with van der Waals surface area (Å²) < 4.78 is 73.7. The highest BCUT2D eigenvalue weighted by molar-refractivity contribution is 7.91. The Balaban J connectivity index is 1.58. The van der Waals surface area contributed by atoms with E-state index in [-0.39, 0.29) is 39.6 Å². The van der Waals surface area contributed by atoms with Crippen LogP contribution in [-0.4, -0.2) is 58.5 Å². The van der Waals surface area contributed by atoms with E-state index >= 15 is 0 Å². The molecule has 1 amide bonds. The van der Waals surface area contributed by atoms with Crippen LogP contribution in [0, 0.1) is 0 Å². The van der Waals surface area contributed by atoms with Gasteiger partial charge in [-0.25, -0.2) is 18.4 Å². The number of ether oxygens (including phenoxy) is 2. The van der Waals surface area contributed by atoms with Crippen molar-refractivity contribution in [2.45, 2.75) is 44.8 Å². The summed E-state index contributed by atoms with van der Waals surface area (Å²) in [6.07, 6.45) is 0.770. The molecule has 0 saturated carbocycles. The van der Waals surface area contributed by atoms with Gasteiger partial charge in [0, 0.05) is 24.0 Å². The molecule has 1 N–H and O–H groups in total. The molecular weight excluding hydrogens is 537 g/mol. The Bertz CT molecular complexity index is 1430. The van der Waals surface area contributed by atoms with E-state index in [4.69, 9.17) is 21.1 Å². The van der Waals surface area contributed by atoms with Gasteiger partial charge < -0.3 is 19.2 Å². The van der Waals surface area contributed by atoms with Gasteiger partial charge >= 0.3 is 6.18 Å². The monoisotopic (exact) mass is 560 g/mol. The zero-order valence-corrected chi connectivity index (χ0v) is 21.5. The molecule has 14 heteroatoms. The Labute approximate surface area is 215 Å². The van der Waals surface area contributed by atoms with Gasteiger partial charge in [-0.05, 0) is 37.8 Å². The van der Waals surface area contributed by atoms with Crippen molar-refractivity contribution in [3.05, 3.63) is 47.0 Å². The Kier molecular flexibility index (Phi) is 7.30. The van der Waals surface area contributed by atoms with Crippen molar-refractivity contribution in [2.24, 2.45) is 0 Å². The number of hydrogen-bond donors (Lipinski definition) is 1. The average molecular weight is 561 g/mol. The molecule has 4 rings (SSSR count). The lowest BCUT2D eigenvalue weighted by Gasteiger charge is -2.34. The van der Waals surface area contributed by atoms with Gasteiger partial charge in [-0.3, -0.25) is 4.79 Å². The molecule has 1 saturated heterocycles. The van der Waals surface area contributed by atoms with Crippen LogP contribution in [0.5, 0.6) is 17.4 Å². The fourth-order valence-electron chi connectivity index (χ4n) is 3.84. The first-order valence-corrected chi connectivity index (χ1v) is 13.5. The van der Waals surface area contributed by atoms with E-state index in [2.05, 4.69) is 15.3 Å². The summed E-state index contributed by atoms with van der Waals surface area (Å²) in [7, 11) is -3.09. The number of carbonyl (C=O) groups excluding carboxylic acids is 1. The number of carbonyl (C=O) groups is 1. The van der Waals surface area contributed by atoms with Crippen LogP contribution in [0.15, 0.2) is 30.7 Å². The summed E-state index contributed by atoms with van der Waals surface area (Å²) in [5.74, 6) is -0.656. The van der Waals surface area contributed by atoms with Gasteiger partial charge in [-0.15, -0.1) is 0 Å². The maximum Gasteiger partial charge on any atom is 0.422 e. The van der Waals surface area contributed by atoms with Gasteiger partial charge in [-0.1, -0.05) is 18.5 Å². The number of halogens is 4. The van der Waals surface area contributed by atoms with Gasteiger partial charge in [0.25, 0.3) is 11.8 Å². The lowest BCUT2D eigenvalue weighted by molar-refractivity contribution is -0.153. The van der Waals surface area contributed by atoms with Crippen LogP contribution >= 0.6 is 11.6 Å². The van der Waals surface area contributed by atoms with E-state index in [1.165, 1.54) is 24.7 Å². The zero-order valence-electron chi connectivity index (χ0n) is 19.9. The van der Waals surface area contributed by atoms with Crippen LogP contribution < -0.4 is 14.8 Å². The van der Waals surface area contributed by atoms with E-state index in [0.29, 0.717) is 30.5 Å². The largest absolute Gasteiger partial charge is 0.478 e. The first kappa shape index (κ1) is 27.0. The minimum absolute atomic E-state index is 0.00289. The van der Waals surface area contributed by atoms with Crippen molar-refractivity contribution in [3.63, 3.8) is 0 Å². The standard InChI is InChI=1S/C23H24ClF3N4O5S/c1-3-14-8-19-29-16(20(32)30-22(2)4-6-37(33,34)7-5-22)11-31(19)12-18(14)36-21-17(9-15(24)10-28-21)35-13-23(25,26)27/h8-12H,3-7,13H2,1-2H3,(H,30,32). The topological polar surface area (TPSA) is 112 Å². The minimum Gasteiger partial charge on any atom is -0.478 e. The summed E-state index contributed by atoms with van der Waals surface area (Å²) in [5.41, 5.74) is 0.553. The minimum atomic E-state index is -4.57. The second-order valence-electron chi connectivity index (χ2n) is 9.04. The lowest BCUT2D eigenvalue weighted by Crippen LogP contribution is -2.51. The number of rotatable bonds is 7. The third kappa shape index (κ3) is 6.63. The number of nitrogens with one attached hydrogen (secondary N) is 1. The summed E-state index contributed by atoms with van der Waals surface area (Å²) in [6.45, 7) is 2.10. The van der Waals surface area contributed by atoms with E-state index in [1.54, 1.807) is 17.4 Å². The summed E-state index contributed by atoms with van der Waals surface area (Å²) >= 11 is 5.87. The third-order valence-corrected chi connectivity index (χ3v) is 7.84. The molecule has 37 heavy (non-hydrogen) atoms. The van der Waals surface area contributed by atoms with Crippen molar-refractivity contribution in [2.75, 3.05) is 18.1 Å². The fourth-order valence-corrected chi connectivity index (χ4v) is 5.71. The molecule has 0 aliphatic carbocycles. The highest BCUT2D eigenvalue weighted by atomic mass is 35.5. The first-order chi connectivity index (χ1) is 17.3. The Morgan fingerprint density at radius 3 is 2.57 bits per heavy atom. The predicted molar refractivity (Wildman–Crippen MR) is 129 cm³/mol. The molecule has 0 radical (unpaired) electrons. The number of pyridine rings is 2. The molecule has 1 aliphatic rings. The SMILES string of the molecule is CCc1cc2nc(C(=O)NC3(C)CCS(=O)(=O)CC3)cn2cc1Oc1ncc(Cl)cc1OCC(F)(F)F. The number of amides is 1. The molecule has 0 aromatic carbocycles. The van der Waals surface area contributed by atoms with Crippen molar-refractivity contribution in [3.8, 4) is 17.4 Å². The van der Waals surface area contributed by atoms with Gasteiger partial charge in [0.2, 0.25) is 0 Å². The summed E-state index contributed by atoms with van der Waals surface area (Å²) in [4.78, 5) is 21.3.